The first-order chi connectivity index (χ1) is 11.3. The van der Waals surface area contributed by atoms with E-state index in [4.69, 9.17) is 4.74 Å². The van der Waals surface area contributed by atoms with Gasteiger partial charge in [-0.15, -0.1) is 0 Å². The molecule has 2 atom stereocenters. The summed E-state index contributed by atoms with van der Waals surface area (Å²) in [5.41, 5.74) is 3.17. The van der Waals surface area contributed by atoms with Gasteiger partial charge in [-0.05, 0) is 17.5 Å². The summed E-state index contributed by atoms with van der Waals surface area (Å²) < 4.78 is 4.93. The number of esters is 1. The van der Waals surface area contributed by atoms with Gasteiger partial charge in [0.05, 0.1) is 7.11 Å². The van der Waals surface area contributed by atoms with Crippen LogP contribution in [0.5, 0.6) is 0 Å². The number of hydrogen-bond acceptors (Lipinski definition) is 2. The highest BCUT2D eigenvalue weighted by atomic mass is 16.5. The van der Waals surface area contributed by atoms with Gasteiger partial charge in [-0.3, -0.25) is 0 Å². The van der Waals surface area contributed by atoms with Crippen molar-refractivity contribution in [1.82, 2.24) is 0 Å². The van der Waals surface area contributed by atoms with Crippen LogP contribution in [-0.2, 0) is 9.53 Å². The minimum atomic E-state index is -0.246. The molecule has 0 heterocycles. The van der Waals surface area contributed by atoms with Crippen molar-refractivity contribution in [3.8, 4) is 0 Å². The Bertz CT molecular complexity index is 714. The minimum Gasteiger partial charge on any atom is -0.466 e. The molecule has 116 valence electrons. The molecule has 0 aliphatic heterocycles. The molecule has 0 unspecified atom stereocenters. The number of allylic oxidation sites excluding steroid dienone is 3. The third-order valence-electron chi connectivity index (χ3n) is 4.27. The summed E-state index contributed by atoms with van der Waals surface area (Å²) in [6, 6.07) is 20.7. The summed E-state index contributed by atoms with van der Waals surface area (Å²) in [5.74, 6) is 0.0801. The average Bonchev–Trinajstić information content (AvgIpc) is 2.85. The van der Waals surface area contributed by atoms with Gasteiger partial charge in [0.2, 0.25) is 0 Å². The zero-order valence-electron chi connectivity index (χ0n) is 13.2. The zero-order chi connectivity index (χ0) is 16.1. The van der Waals surface area contributed by atoms with E-state index in [1.165, 1.54) is 18.2 Å². The van der Waals surface area contributed by atoms with Crippen LogP contribution in [0.4, 0.5) is 0 Å². The molecule has 1 aliphatic carbocycles. The van der Waals surface area contributed by atoms with Crippen LogP contribution in [0.25, 0.3) is 0 Å². The fourth-order valence-electron chi connectivity index (χ4n) is 3.10. The average molecular weight is 304 g/mol. The topological polar surface area (TPSA) is 26.3 Å². The molecule has 0 fully saturated rings. The Morgan fingerprint density at radius 2 is 1.48 bits per heavy atom. The second kappa shape index (κ2) is 7.10. The van der Waals surface area contributed by atoms with Crippen LogP contribution in [0.3, 0.4) is 0 Å². The molecule has 0 amide bonds. The lowest BCUT2D eigenvalue weighted by Gasteiger charge is -2.22. The third kappa shape index (κ3) is 3.42. The van der Waals surface area contributed by atoms with Gasteiger partial charge < -0.3 is 4.74 Å². The summed E-state index contributed by atoms with van der Waals surface area (Å²) >= 11 is 0. The molecular weight excluding hydrogens is 284 g/mol. The fraction of sp³-hybridized carbons (Fsp3) is 0.190. The van der Waals surface area contributed by atoms with Crippen LogP contribution >= 0.6 is 0 Å². The first kappa shape index (κ1) is 15.3. The monoisotopic (exact) mass is 304 g/mol. The molecule has 2 aromatic carbocycles. The van der Waals surface area contributed by atoms with Crippen LogP contribution in [0, 0.1) is 0 Å². The molecule has 3 rings (SSSR count). The lowest BCUT2D eigenvalue weighted by molar-refractivity contribution is -0.136. The number of carbonyl (C=O) groups is 1. The van der Waals surface area contributed by atoms with Crippen molar-refractivity contribution in [2.45, 2.75) is 18.3 Å². The van der Waals surface area contributed by atoms with Crippen molar-refractivity contribution in [1.29, 1.82) is 0 Å². The van der Waals surface area contributed by atoms with E-state index in [1.807, 2.05) is 24.3 Å². The fourth-order valence-corrected chi connectivity index (χ4v) is 3.10. The van der Waals surface area contributed by atoms with Crippen molar-refractivity contribution in [2.24, 2.45) is 0 Å². The van der Waals surface area contributed by atoms with Crippen LogP contribution < -0.4 is 0 Å². The summed E-state index contributed by atoms with van der Waals surface area (Å²) in [7, 11) is 1.43. The Morgan fingerprint density at radius 1 is 0.913 bits per heavy atom. The molecule has 0 saturated heterocycles. The second-order valence-corrected chi connectivity index (χ2v) is 5.69. The molecular formula is C21H20O2. The molecule has 0 bridgehead atoms. The maximum Gasteiger partial charge on any atom is 0.333 e. The summed E-state index contributed by atoms with van der Waals surface area (Å²) in [4.78, 5) is 12.0. The van der Waals surface area contributed by atoms with Gasteiger partial charge in [0.25, 0.3) is 0 Å². The Morgan fingerprint density at radius 3 is 2.04 bits per heavy atom. The molecule has 0 N–H and O–H groups in total. The standard InChI is InChI=1S/C21H20O2/c1-23-21(22)18-13-8-14-19(16-9-4-2-5-10-16)20(15-18)17-11-6-3-7-12-17/h2-12,14-15,19-20H,13H2,1H3/t19-,20+/m1/s1. The first-order valence-corrected chi connectivity index (χ1v) is 7.85. The van der Waals surface area contributed by atoms with Gasteiger partial charge in [-0.2, -0.15) is 0 Å². The predicted molar refractivity (Wildman–Crippen MR) is 92.2 cm³/mol. The van der Waals surface area contributed by atoms with Crippen molar-refractivity contribution < 1.29 is 9.53 Å². The Labute approximate surface area is 137 Å². The number of carbonyl (C=O) groups excluding carboxylic acids is 1. The van der Waals surface area contributed by atoms with E-state index < -0.39 is 0 Å². The van der Waals surface area contributed by atoms with E-state index in [0.717, 1.165) is 5.57 Å². The molecule has 23 heavy (non-hydrogen) atoms. The quantitative estimate of drug-likeness (QED) is 0.611. The molecule has 0 aromatic heterocycles. The molecule has 2 aromatic rings. The van der Waals surface area contributed by atoms with Crippen molar-refractivity contribution in [3.63, 3.8) is 0 Å². The van der Waals surface area contributed by atoms with Gasteiger partial charge in [-0.25, -0.2) is 4.79 Å². The Hall–Kier alpha value is -2.61. The Kier molecular flexibility index (Phi) is 4.72. The summed E-state index contributed by atoms with van der Waals surface area (Å²) in [6.07, 6.45) is 6.96. The predicted octanol–water partition coefficient (Wildman–Crippen LogP) is 4.61. The lowest BCUT2D eigenvalue weighted by Crippen LogP contribution is -2.10. The van der Waals surface area contributed by atoms with E-state index in [0.29, 0.717) is 6.42 Å². The van der Waals surface area contributed by atoms with Crippen LogP contribution in [0.2, 0.25) is 0 Å². The minimum absolute atomic E-state index is 0.117. The van der Waals surface area contributed by atoms with Crippen molar-refractivity contribution in [3.05, 3.63) is 95.6 Å². The smallest absolute Gasteiger partial charge is 0.333 e. The maximum absolute atomic E-state index is 12.0. The number of methoxy groups -OCH3 is 1. The summed E-state index contributed by atoms with van der Waals surface area (Å²) in [6.45, 7) is 0. The third-order valence-corrected chi connectivity index (χ3v) is 4.27. The first-order valence-electron chi connectivity index (χ1n) is 7.85. The lowest BCUT2D eigenvalue weighted by atomic mass is 9.81. The van der Waals surface area contributed by atoms with Crippen LogP contribution in [0.1, 0.15) is 29.4 Å². The highest BCUT2D eigenvalue weighted by Crippen LogP contribution is 2.38. The second-order valence-electron chi connectivity index (χ2n) is 5.69. The number of rotatable bonds is 3. The van der Waals surface area contributed by atoms with E-state index in [-0.39, 0.29) is 17.8 Å². The normalized spacial score (nSPS) is 20.5. The largest absolute Gasteiger partial charge is 0.466 e. The molecule has 2 nitrogen and oxygen atoms in total. The van der Waals surface area contributed by atoms with Gasteiger partial charge in [-0.1, -0.05) is 78.9 Å². The molecule has 0 radical (unpaired) electrons. The SMILES string of the molecule is COC(=O)C1=C[C@@H](c2ccccc2)[C@@H](c2ccccc2)C=CC1. The number of hydrogen-bond donors (Lipinski definition) is 0. The molecule has 0 saturated carbocycles. The van der Waals surface area contributed by atoms with Crippen molar-refractivity contribution in [2.75, 3.05) is 7.11 Å². The van der Waals surface area contributed by atoms with Crippen LogP contribution in [0.15, 0.2) is 84.5 Å². The number of benzene rings is 2. The van der Waals surface area contributed by atoms with E-state index in [2.05, 4.69) is 54.6 Å². The maximum atomic E-state index is 12.0. The highest BCUT2D eigenvalue weighted by Gasteiger charge is 2.25. The summed E-state index contributed by atoms with van der Waals surface area (Å²) in [5, 5.41) is 0. The highest BCUT2D eigenvalue weighted by molar-refractivity contribution is 5.89. The molecule has 2 heteroatoms. The van der Waals surface area contributed by atoms with E-state index >= 15 is 0 Å². The van der Waals surface area contributed by atoms with Crippen LogP contribution in [-0.4, -0.2) is 13.1 Å². The van der Waals surface area contributed by atoms with E-state index in [1.54, 1.807) is 0 Å². The van der Waals surface area contributed by atoms with Gasteiger partial charge >= 0.3 is 5.97 Å². The van der Waals surface area contributed by atoms with E-state index in [9.17, 15) is 4.79 Å². The zero-order valence-corrected chi connectivity index (χ0v) is 13.2. The number of ether oxygens (including phenoxy) is 1. The van der Waals surface area contributed by atoms with Gasteiger partial charge in [0.15, 0.2) is 0 Å². The van der Waals surface area contributed by atoms with Gasteiger partial charge in [0.1, 0.15) is 0 Å². The molecule has 1 aliphatic rings. The molecule has 0 spiro atoms. The van der Waals surface area contributed by atoms with Crippen molar-refractivity contribution >= 4 is 5.97 Å². The Balaban J connectivity index is 2.07. The van der Waals surface area contributed by atoms with Gasteiger partial charge in [0, 0.05) is 17.4 Å².